The predicted molar refractivity (Wildman–Crippen MR) is 59.8 cm³/mol. The lowest BCUT2D eigenvalue weighted by molar-refractivity contribution is 0.429. The van der Waals surface area contributed by atoms with Crippen LogP contribution in [0.1, 0.15) is 17.2 Å². The minimum Gasteiger partial charge on any atom is -0.314 e. The van der Waals surface area contributed by atoms with Crippen LogP contribution >= 0.6 is 11.6 Å². The largest absolute Gasteiger partial charge is 0.314 e. The van der Waals surface area contributed by atoms with Gasteiger partial charge in [-0.3, -0.25) is 0 Å². The monoisotopic (exact) mass is 210 g/mol. The molecule has 0 unspecified atom stereocenters. The second-order valence-electron chi connectivity index (χ2n) is 3.71. The molecule has 1 atom stereocenters. The summed E-state index contributed by atoms with van der Waals surface area (Å²) in [5, 5.41) is 7.68. The quantitative estimate of drug-likeness (QED) is 0.740. The van der Waals surface area contributed by atoms with Gasteiger partial charge in [0.1, 0.15) is 0 Å². The lowest BCUT2D eigenvalue weighted by atomic mass is 10.0. The lowest BCUT2D eigenvalue weighted by Gasteiger charge is -2.26. The fraction of sp³-hybridized carbons (Fsp3) is 0.455. The molecule has 0 aliphatic carbocycles. The predicted octanol–water partition coefficient (Wildman–Crippen LogP) is 1.88. The van der Waals surface area contributed by atoms with Crippen molar-refractivity contribution in [1.82, 2.24) is 10.6 Å². The summed E-state index contributed by atoms with van der Waals surface area (Å²) in [6.45, 7) is 5.20. The summed E-state index contributed by atoms with van der Waals surface area (Å²) in [5.41, 5.74) is 2.61. The highest BCUT2D eigenvalue weighted by molar-refractivity contribution is 6.30. The molecular formula is C11H15ClN2. The zero-order valence-electron chi connectivity index (χ0n) is 8.31. The minimum absolute atomic E-state index is 0.431. The maximum Gasteiger partial charge on any atom is 0.0449 e. The van der Waals surface area contributed by atoms with Crippen LogP contribution in [0.5, 0.6) is 0 Å². The Kier molecular flexibility index (Phi) is 3.06. The van der Waals surface area contributed by atoms with Crippen molar-refractivity contribution in [2.45, 2.75) is 13.0 Å². The zero-order valence-corrected chi connectivity index (χ0v) is 9.06. The van der Waals surface area contributed by atoms with Crippen LogP contribution in [0.2, 0.25) is 5.02 Å². The van der Waals surface area contributed by atoms with Gasteiger partial charge in [0.15, 0.2) is 0 Å². The average Bonchev–Trinajstić information content (AvgIpc) is 2.19. The third-order valence-electron chi connectivity index (χ3n) is 2.65. The summed E-state index contributed by atoms with van der Waals surface area (Å²) in [6, 6.07) is 6.52. The molecule has 2 nitrogen and oxygen atoms in total. The first-order chi connectivity index (χ1) is 6.77. The van der Waals surface area contributed by atoms with E-state index in [4.69, 9.17) is 11.6 Å². The molecule has 76 valence electrons. The van der Waals surface area contributed by atoms with Crippen LogP contribution in [-0.4, -0.2) is 19.6 Å². The van der Waals surface area contributed by atoms with Crippen LogP contribution in [0.3, 0.4) is 0 Å². The molecule has 1 aromatic rings. The molecule has 1 saturated heterocycles. The fourth-order valence-corrected chi connectivity index (χ4v) is 2.13. The molecule has 0 radical (unpaired) electrons. The number of hydrogen-bond donors (Lipinski definition) is 2. The van der Waals surface area contributed by atoms with E-state index in [0.29, 0.717) is 6.04 Å². The van der Waals surface area contributed by atoms with Gasteiger partial charge in [0, 0.05) is 30.7 Å². The van der Waals surface area contributed by atoms with Crippen molar-refractivity contribution in [2.24, 2.45) is 0 Å². The van der Waals surface area contributed by atoms with E-state index in [1.807, 2.05) is 12.1 Å². The van der Waals surface area contributed by atoms with Gasteiger partial charge < -0.3 is 10.6 Å². The van der Waals surface area contributed by atoms with Gasteiger partial charge in [-0.15, -0.1) is 0 Å². The Bertz CT molecular complexity index is 319. The SMILES string of the molecule is Cc1cc(Cl)ccc1[C@@H]1CNCCN1. The van der Waals surface area contributed by atoms with Gasteiger partial charge in [-0.2, -0.15) is 0 Å². The van der Waals surface area contributed by atoms with E-state index in [1.54, 1.807) is 0 Å². The third-order valence-corrected chi connectivity index (χ3v) is 2.88. The number of halogens is 1. The number of hydrogen-bond acceptors (Lipinski definition) is 2. The summed E-state index contributed by atoms with van der Waals surface area (Å²) in [5.74, 6) is 0. The van der Waals surface area contributed by atoms with Crippen molar-refractivity contribution in [3.63, 3.8) is 0 Å². The van der Waals surface area contributed by atoms with Gasteiger partial charge in [0.05, 0.1) is 0 Å². The molecule has 0 amide bonds. The van der Waals surface area contributed by atoms with Gasteiger partial charge >= 0.3 is 0 Å². The molecular weight excluding hydrogens is 196 g/mol. The Morgan fingerprint density at radius 1 is 1.36 bits per heavy atom. The van der Waals surface area contributed by atoms with Crippen molar-refractivity contribution in [3.8, 4) is 0 Å². The highest BCUT2D eigenvalue weighted by Gasteiger charge is 2.15. The Hall–Kier alpha value is -0.570. The maximum atomic E-state index is 5.92. The van der Waals surface area contributed by atoms with Crippen LogP contribution in [0.25, 0.3) is 0 Å². The summed E-state index contributed by atoms with van der Waals surface area (Å²) in [7, 11) is 0. The van der Waals surface area contributed by atoms with Crippen molar-refractivity contribution in [2.75, 3.05) is 19.6 Å². The Labute approximate surface area is 89.7 Å². The van der Waals surface area contributed by atoms with E-state index in [-0.39, 0.29) is 0 Å². The number of benzene rings is 1. The summed E-state index contributed by atoms with van der Waals surface area (Å²) >= 11 is 5.92. The van der Waals surface area contributed by atoms with E-state index < -0.39 is 0 Å². The highest BCUT2D eigenvalue weighted by atomic mass is 35.5. The smallest absolute Gasteiger partial charge is 0.0449 e. The van der Waals surface area contributed by atoms with Crippen molar-refractivity contribution in [1.29, 1.82) is 0 Å². The van der Waals surface area contributed by atoms with Crippen molar-refractivity contribution in [3.05, 3.63) is 34.3 Å². The van der Waals surface area contributed by atoms with E-state index in [1.165, 1.54) is 11.1 Å². The molecule has 2 N–H and O–H groups in total. The van der Waals surface area contributed by atoms with Gasteiger partial charge in [0.2, 0.25) is 0 Å². The molecule has 0 saturated carbocycles. The van der Waals surface area contributed by atoms with Crippen LogP contribution in [0, 0.1) is 6.92 Å². The maximum absolute atomic E-state index is 5.92. The summed E-state index contributed by atoms with van der Waals surface area (Å²) in [4.78, 5) is 0. The molecule has 1 aliphatic heterocycles. The van der Waals surface area contributed by atoms with Gasteiger partial charge in [-0.05, 0) is 30.2 Å². The molecule has 1 heterocycles. The van der Waals surface area contributed by atoms with E-state index in [9.17, 15) is 0 Å². The minimum atomic E-state index is 0.431. The van der Waals surface area contributed by atoms with E-state index in [2.05, 4.69) is 23.6 Å². The Morgan fingerprint density at radius 2 is 2.21 bits per heavy atom. The lowest BCUT2D eigenvalue weighted by Crippen LogP contribution is -2.42. The first-order valence-electron chi connectivity index (χ1n) is 4.97. The number of piperazine rings is 1. The van der Waals surface area contributed by atoms with Crippen molar-refractivity contribution >= 4 is 11.6 Å². The van der Waals surface area contributed by atoms with Crippen LogP contribution < -0.4 is 10.6 Å². The average molecular weight is 211 g/mol. The topological polar surface area (TPSA) is 24.1 Å². The Balaban J connectivity index is 2.22. The van der Waals surface area contributed by atoms with E-state index in [0.717, 1.165) is 24.7 Å². The molecule has 1 aliphatic rings. The normalized spacial score (nSPS) is 22.3. The number of nitrogens with one attached hydrogen (secondary N) is 2. The molecule has 0 aromatic heterocycles. The van der Waals surface area contributed by atoms with Crippen LogP contribution in [0.15, 0.2) is 18.2 Å². The molecule has 1 fully saturated rings. The van der Waals surface area contributed by atoms with Crippen LogP contribution in [0.4, 0.5) is 0 Å². The molecule has 14 heavy (non-hydrogen) atoms. The summed E-state index contributed by atoms with van der Waals surface area (Å²) in [6.07, 6.45) is 0. The van der Waals surface area contributed by atoms with E-state index >= 15 is 0 Å². The highest BCUT2D eigenvalue weighted by Crippen LogP contribution is 2.21. The first-order valence-corrected chi connectivity index (χ1v) is 5.35. The standard InChI is InChI=1S/C11H15ClN2/c1-8-6-9(12)2-3-10(8)11-7-13-4-5-14-11/h2-3,6,11,13-14H,4-5,7H2,1H3/t11-/m0/s1. The second kappa shape index (κ2) is 4.30. The molecule has 3 heteroatoms. The molecule has 0 spiro atoms. The number of aryl methyl sites for hydroxylation is 1. The fourth-order valence-electron chi connectivity index (χ4n) is 1.90. The van der Waals surface area contributed by atoms with Gasteiger partial charge in [-0.1, -0.05) is 17.7 Å². The third kappa shape index (κ3) is 2.08. The van der Waals surface area contributed by atoms with Gasteiger partial charge in [0.25, 0.3) is 0 Å². The number of rotatable bonds is 1. The van der Waals surface area contributed by atoms with Crippen molar-refractivity contribution < 1.29 is 0 Å². The Morgan fingerprint density at radius 3 is 2.86 bits per heavy atom. The molecule has 1 aromatic carbocycles. The molecule has 2 rings (SSSR count). The van der Waals surface area contributed by atoms with Crippen LogP contribution in [-0.2, 0) is 0 Å². The zero-order chi connectivity index (χ0) is 9.97. The van der Waals surface area contributed by atoms with Gasteiger partial charge in [-0.25, -0.2) is 0 Å². The molecule has 0 bridgehead atoms. The first kappa shape index (κ1) is 9.97. The summed E-state index contributed by atoms with van der Waals surface area (Å²) < 4.78 is 0. The second-order valence-corrected chi connectivity index (χ2v) is 4.15.